The van der Waals surface area contributed by atoms with E-state index >= 15 is 0 Å². The summed E-state index contributed by atoms with van der Waals surface area (Å²) in [6.07, 6.45) is 88.4. The molecule has 0 heterocycles. The van der Waals surface area contributed by atoms with Crippen LogP contribution in [0.25, 0.3) is 0 Å². The Hall–Kier alpha value is -3.67. The lowest BCUT2D eigenvalue weighted by Gasteiger charge is -2.18. The van der Waals surface area contributed by atoms with Crippen LogP contribution in [0.5, 0.6) is 0 Å². The number of allylic oxidation sites excluding steroid dienone is 16. The van der Waals surface area contributed by atoms with Gasteiger partial charge in [0.05, 0.1) is 0 Å². The zero-order valence-electron chi connectivity index (χ0n) is 51.4. The topological polar surface area (TPSA) is 78.9 Å². The van der Waals surface area contributed by atoms with Gasteiger partial charge < -0.3 is 14.2 Å². The Morgan fingerprint density at radius 2 is 0.500 bits per heavy atom. The maximum absolute atomic E-state index is 12.9. The average Bonchev–Trinajstić information content (AvgIpc) is 3.44. The van der Waals surface area contributed by atoms with Crippen molar-refractivity contribution in [3.63, 3.8) is 0 Å². The molecule has 0 fully saturated rings. The Morgan fingerprint density at radius 1 is 0.269 bits per heavy atom. The van der Waals surface area contributed by atoms with Crippen LogP contribution in [0.3, 0.4) is 0 Å². The third kappa shape index (κ3) is 63.2. The molecule has 6 heteroatoms. The van der Waals surface area contributed by atoms with Crippen molar-refractivity contribution in [3.8, 4) is 0 Å². The summed E-state index contributed by atoms with van der Waals surface area (Å²) in [7, 11) is 0. The molecule has 0 aromatic carbocycles. The van der Waals surface area contributed by atoms with Gasteiger partial charge in [0.25, 0.3) is 0 Å². The van der Waals surface area contributed by atoms with Crippen molar-refractivity contribution in [2.45, 2.75) is 329 Å². The minimum absolute atomic E-state index is 0.0772. The number of esters is 3. The third-order valence-corrected chi connectivity index (χ3v) is 14.3. The van der Waals surface area contributed by atoms with Gasteiger partial charge in [0.15, 0.2) is 6.10 Å². The highest BCUT2D eigenvalue weighted by molar-refractivity contribution is 5.71. The monoisotopic (exact) mass is 1080 g/mol. The first kappa shape index (κ1) is 74.3. The van der Waals surface area contributed by atoms with Crippen LogP contribution in [-0.4, -0.2) is 37.2 Å². The molecule has 0 aliphatic rings. The Labute approximate surface area is 483 Å². The molecular formula is C72H124O6. The lowest BCUT2D eigenvalue weighted by molar-refractivity contribution is -0.167. The number of ether oxygens (including phenoxy) is 3. The Bertz CT molecular complexity index is 1530. The molecule has 0 aromatic rings. The van der Waals surface area contributed by atoms with Gasteiger partial charge in [0, 0.05) is 19.3 Å². The molecule has 0 radical (unpaired) electrons. The molecule has 448 valence electrons. The highest BCUT2D eigenvalue weighted by Gasteiger charge is 2.19. The van der Waals surface area contributed by atoms with Crippen LogP contribution in [-0.2, 0) is 28.6 Å². The second kappa shape index (κ2) is 65.8. The van der Waals surface area contributed by atoms with Crippen molar-refractivity contribution >= 4 is 17.9 Å². The largest absolute Gasteiger partial charge is 0.462 e. The lowest BCUT2D eigenvalue weighted by Crippen LogP contribution is -2.30. The quantitative estimate of drug-likeness (QED) is 0.0261. The van der Waals surface area contributed by atoms with Gasteiger partial charge in [0.2, 0.25) is 0 Å². The van der Waals surface area contributed by atoms with E-state index in [4.69, 9.17) is 14.2 Å². The van der Waals surface area contributed by atoms with Gasteiger partial charge in [-0.1, -0.05) is 304 Å². The first-order valence-electron chi connectivity index (χ1n) is 33.2. The molecule has 0 amide bonds. The van der Waals surface area contributed by atoms with Crippen LogP contribution >= 0.6 is 0 Å². The molecule has 0 N–H and O–H groups in total. The van der Waals surface area contributed by atoms with Gasteiger partial charge in [-0.05, 0) is 96.3 Å². The molecule has 0 rings (SSSR count). The van der Waals surface area contributed by atoms with Gasteiger partial charge in [-0.25, -0.2) is 0 Å². The number of rotatable bonds is 60. The van der Waals surface area contributed by atoms with E-state index in [1.54, 1.807) is 0 Å². The minimum atomic E-state index is -0.782. The third-order valence-electron chi connectivity index (χ3n) is 14.3. The molecule has 0 spiro atoms. The second-order valence-electron chi connectivity index (χ2n) is 22.0. The Kier molecular flexibility index (Phi) is 62.7. The Balaban J connectivity index is 4.34. The Morgan fingerprint density at radius 3 is 0.782 bits per heavy atom. The molecule has 78 heavy (non-hydrogen) atoms. The minimum Gasteiger partial charge on any atom is -0.462 e. The summed E-state index contributed by atoms with van der Waals surface area (Å²) in [5.74, 6) is -0.871. The van der Waals surface area contributed by atoms with E-state index in [1.807, 2.05) is 0 Å². The lowest BCUT2D eigenvalue weighted by atomic mass is 10.0. The van der Waals surface area contributed by atoms with E-state index in [0.717, 1.165) is 109 Å². The molecule has 0 aliphatic heterocycles. The highest BCUT2D eigenvalue weighted by atomic mass is 16.6. The van der Waals surface area contributed by atoms with Crippen LogP contribution in [0, 0.1) is 0 Å². The number of carbonyl (C=O) groups excluding carboxylic acids is 3. The maximum Gasteiger partial charge on any atom is 0.306 e. The van der Waals surface area contributed by atoms with Crippen LogP contribution in [0.1, 0.15) is 323 Å². The number of hydrogen-bond donors (Lipinski definition) is 0. The van der Waals surface area contributed by atoms with E-state index in [2.05, 4.69) is 118 Å². The standard InChI is InChI=1S/C72H124O6/c1-4-7-10-13-16-19-22-25-28-30-32-34-36-38-40-42-44-47-50-53-56-59-62-65-71(74)77-68-69(67-76-70(73)64-61-58-55-52-49-46-27-24-21-18-15-12-9-6-3)78-72(75)66-63-60-57-54-51-48-45-43-41-39-37-35-33-31-29-26-23-20-17-14-11-8-5-2/h7-8,10-11,16-17,19-20,25-26,28-29,32-35,69H,4-6,9,12-15,18,21-24,27,30-31,36-68H2,1-3H3/b10-7-,11-8-,19-16-,20-17-,28-25-,29-26-,34-32-,35-33-. The van der Waals surface area contributed by atoms with Crippen molar-refractivity contribution in [2.24, 2.45) is 0 Å². The summed E-state index contributed by atoms with van der Waals surface area (Å²) in [6.45, 7) is 6.45. The molecule has 0 saturated heterocycles. The first-order chi connectivity index (χ1) is 38.5. The van der Waals surface area contributed by atoms with Crippen molar-refractivity contribution in [3.05, 3.63) is 97.2 Å². The predicted molar refractivity (Wildman–Crippen MR) is 339 cm³/mol. The fourth-order valence-corrected chi connectivity index (χ4v) is 9.43. The van der Waals surface area contributed by atoms with Crippen molar-refractivity contribution in [1.82, 2.24) is 0 Å². The first-order valence-corrected chi connectivity index (χ1v) is 33.2. The summed E-state index contributed by atoms with van der Waals surface area (Å²) in [5.41, 5.74) is 0. The van der Waals surface area contributed by atoms with E-state index in [1.165, 1.54) is 173 Å². The van der Waals surface area contributed by atoms with Crippen LogP contribution in [0.2, 0.25) is 0 Å². The van der Waals surface area contributed by atoms with Crippen LogP contribution in [0.15, 0.2) is 97.2 Å². The zero-order valence-corrected chi connectivity index (χ0v) is 51.4. The molecule has 0 aliphatic carbocycles. The molecule has 0 bridgehead atoms. The van der Waals surface area contributed by atoms with Gasteiger partial charge in [-0.2, -0.15) is 0 Å². The summed E-state index contributed by atoms with van der Waals surface area (Å²) in [4.78, 5) is 38.4. The fourth-order valence-electron chi connectivity index (χ4n) is 9.43. The molecule has 0 saturated carbocycles. The number of hydrogen-bond acceptors (Lipinski definition) is 6. The summed E-state index contributed by atoms with van der Waals surface area (Å²) in [6, 6.07) is 0. The molecule has 6 nitrogen and oxygen atoms in total. The number of unbranched alkanes of at least 4 members (excludes halogenated alkanes) is 33. The van der Waals surface area contributed by atoms with Gasteiger partial charge in [-0.15, -0.1) is 0 Å². The number of carbonyl (C=O) groups is 3. The van der Waals surface area contributed by atoms with Crippen LogP contribution in [0.4, 0.5) is 0 Å². The highest BCUT2D eigenvalue weighted by Crippen LogP contribution is 2.17. The molecule has 0 aromatic heterocycles. The molecule has 1 unspecified atom stereocenters. The fraction of sp³-hybridized carbons (Fsp3) is 0.736. The smallest absolute Gasteiger partial charge is 0.306 e. The van der Waals surface area contributed by atoms with E-state index < -0.39 is 6.10 Å². The van der Waals surface area contributed by atoms with Gasteiger partial charge in [-0.3, -0.25) is 14.4 Å². The van der Waals surface area contributed by atoms with Gasteiger partial charge >= 0.3 is 17.9 Å². The zero-order chi connectivity index (χ0) is 56.4. The van der Waals surface area contributed by atoms with Crippen molar-refractivity contribution in [1.29, 1.82) is 0 Å². The maximum atomic E-state index is 12.9. The average molecular weight is 1090 g/mol. The molecular weight excluding hydrogens is 961 g/mol. The van der Waals surface area contributed by atoms with Gasteiger partial charge in [0.1, 0.15) is 13.2 Å². The van der Waals surface area contributed by atoms with Crippen molar-refractivity contribution < 1.29 is 28.6 Å². The predicted octanol–water partition coefficient (Wildman–Crippen LogP) is 22.8. The summed E-state index contributed by atoms with van der Waals surface area (Å²) >= 11 is 0. The summed E-state index contributed by atoms with van der Waals surface area (Å²) < 4.78 is 17.0. The normalized spacial score (nSPS) is 12.7. The SMILES string of the molecule is CC/C=C\C/C=C\C/C=C\C/C=C\CCCCCCCCCCCCC(=O)OCC(COC(=O)CCCCCCCCCCCCCCCC)OC(=O)CCCCCCCCCCCC/C=C\C/C=C\C/C=C\C/C=C\CC. The van der Waals surface area contributed by atoms with E-state index in [-0.39, 0.29) is 31.1 Å². The summed E-state index contributed by atoms with van der Waals surface area (Å²) in [5, 5.41) is 0. The second-order valence-corrected chi connectivity index (χ2v) is 22.0. The van der Waals surface area contributed by atoms with Crippen LogP contribution < -0.4 is 0 Å². The van der Waals surface area contributed by atoms with Crippen molar-refractivity contribution in [2.75, 3.05) is 13.2 Å². The van der Waals surface area contributed by atoms with E-state index in [9.17, 15) is 14.4 Å². The van der Waals surface area contributed by atoms with E-state index in [0.29, 0.717) is 19.3 Å². The molecule has 1 atom stereocenters.